The summed E-state index contributed by atoms with van der Waals surface area (Å²) in [4.78, 5) is 23.0. The first-order valence-corrected chi connectivity index (χ1v) is 9.75. The number of hydrogen-bond donors (Lipinski definition) is 2. The number of carboxylic acids is 1. The van der Waals surface area contributed by atoms with Crippen molar-refractivity contribution in [3.05, 3.63) is 46.8 Å². The lowest BCUT2D eigenvalue weighted by molar-refractivity contribution is -0.314. The highest BCUT2D eigenvalue weighted by molar-refractivity contribution is 5.77. The molecule has 0 aliphatic carbocycles. The van der Waals surface area contributed by atoms with E-state index in [9.17, 15) is 41.0 Å². The van der Waals surface area contributed by atoms with Gasteiger partial charge < -0.3 is 30.2 Å². The Morgan fingerprint density at radius 2 is 1.74 bits per heavy atom. The number of carboxylic acid groups (broad SMARTS) is 1. The number of carbonyl (C=O) groups excluding carboxylic acids is 2. The average Bonchev–Trinajstić information content (AvgIpc) is 3.16. The molecule has 0 spiro atoms. The highest BCUT2D eigenvalue weighted by Crippen LogP contribution is 2.29. The molecule has 34 heavy (non-hydrogen) atoms. The highest BCUT2D eigenvalue weighted by Gasteiger charge is 2.40. The second-order valence-electron chi connectivity index (χ2n) is 7.43. The third-order valence-electron chi connectivity index (χ3n) is 4.71. The number of hydrogen-bond acceptors (Lipinski definition) is 7. The molecule has 1 aliphatic heterocycles. The number of benzene rings is 1. The lowest BCUT2D eigenvalue weighted by atomic mass is 10.0. The number of fused-ring (bicyclic) bond motifs is 1. The van der Waals surface area contributed by atoms with Crippen molar-refractivity contribution in [1.29, 1.82) is 0 Å². The van der Waals surface area contributed by atoms with E-state index in [2.05, 4.69) is 10.2 Å². The van der Waals surface area contributed by atoms with Gasteiger partial charge in [-0.25, -0.2) is 13.2 Å². The van der Waals surface area contributed by atoms with Crippen molar-refractivity contribution in [2.45, 2.75) is 51.2 Å². The number of nitrogens with zero attached hydrogens (tertiary/aromatic N) is 4. The average molecular weight is 496 g/mol. The van der Waals surface area contributed by atoms with Crippen LogP contribution in [0.25, 0.3) is 0 Å². The molecule has 1 aliphatic rings. The van der Waals surface area contributed by atoms with Crippen LogP contribution < -0.4 is 10.8 Å². The van der Waals surface area contributed by atoms with Crippen molar-refractivity contribution in [2.75, 3.05) is 6.54 Å². The van der Waals surface area contributed by atoms with Crippen LogP contribution in [0, 0.1) is 17.5 Å². The molecule has 0 radical (unpaired) electrons. The van der Waals surface area contributed by atoms with Crippen LogP contribution >= 0.6 is 0 Å². The number of aromatic nitrogens is 3. The molecule has 1 amide bonds. The number of rotatable bonds is 5. The molecular formula is C19H20F6N5O4-. The maximum Gasteiger partial charge on any atom is 0.451 e. The van der Waals surface area contributed by atoms with Crippen LogP contribution in [0.3, 0.4) is 0 Å². The molecule has 3 rings (SSSR count). The summed E-state index contributed by atoms with van der Waals surface area (Å²) >= 11 is 0. The second-order valence-corrected chi connectivity index (χ2v) is 7.43. The molecular weight excluding hydrogens is 476 g/mol. The van der Waals surface area contributed by atoms with Gasteiger partial charge in [-0.1, -0.05) is 0 Å². The van der Waals surface area contributed by atoms with Gasteiger partial charge in [-0.15, -0.1) is 10.2 Å². The molecule has 15 heteroatoms. The van der Waals surface area contributed by atoms with Gasteiger partial charge in [-0.3, -0.25) is 4.79 Å². The quantitative estimate of drug-likeness (QED) is 0.444. The van der Waals surface area contributed by atoms with Gasteiger partial charge in [0.2, 0.25) is 11.7 Å². The summed E-state index contributed by atoms with van der Waals surface area (Å²) in [6.45, 7) is 0.832. The second kappa shape index (κ2) is 10.8. The lowest BCUT2D eigenvalue weighted by Crippen LogP contribution is -2.42. The number of alkyl halides is 3. The zero-order valence-electron chi connectivity index (χ0n) is 17.7. The predicted molar refractivity (Wildman–Crippen MR) is 99.7 cm³/mol. The Balaban J connectivity index is 0.000000604. The van der Waals surface area contributed by atoms with Crippen molar-refractivity contribution in [3.63, 3.8) is 0 Å². The fourth-order valence-corrected chi connectivity index (χ4v) is 3.01. The minimum Gasteiger partial charge on any atom is -0.547 e. The molecule has 0 saturated carbocycles. The monoisotopic (exact) mass is 496 g/mol. The van der Waals surface area contributed by atoms with Crippen LogP contribution in [-0.2, 0) is 35.3 Å². The minimum absolute atomic E-state index is 0.000783. The van der Waals surface area contributed by atoms with E-state index < -0.39 is 53.5 Å². The minimum atomic E-state index is -4.64. The summed E-state index contributed by atoms with van der Waals surface area (Å²) in [7, 11) is 0. The molecule has 1 unspecified atom stereocenters. The zero-order chi connectivity index (χ0) is 25.8. The Kier molecular flexibility index (Phi) is 8.61. The Bertz CT molecular complexity index is 1040. The fourth-order valence-electron chi connectivity index (χ4n) is 3.01. The smallest absolute Gasteiger partial charge is 0.451 e. The van der Waals surface area contributed by atoms with Gasteiger partial charge >= 0.3 is 6.18 Å². The summed E-state index contributed by atoms with van der Waals surface area (Å²) in [5.41, 5.74) is 5.64. The number of halogens is 6. The molecule has 188 valence electrons. The molecule has 0 bridgehead atoms. The van der Waals surface area contributed by atoms with Gasteiger partial charge in [0, 0.05) is 31.6 Å². The van der Waals surface area contributed by atoms with Gasteiger partial charge in [0.15, 0.2) is 17.5 Å². The van der Waals surface area contributed by atoms with Gasteiger partial charge in [0.25, 0.3) is 0 Å². The molecule has 2 heterocycles. The van der Waals surface area contributed by atoms with Gasteiger partial charge in [-0.2, -0.15) is 13.2 Å². The van der Waals surface area contributed by atoms with E-state index in [1.807, 2.05) is 0 Å². The maximum atomic E-state index is 13.7. The molecule has 3 N–H and O–H groups in total. The van der Waals surface area contributed by atoms with Crippen molar-refractivity contribution >= 4 is 11.9 Å². The van der Waals surface area contributed by atoms with Crippen LogP contribution in [-0.4, -0.2) is 55.3 Å². The number of carbonyl (C=O) groups is 2. The van der Waals surface area contributed by atoms with Crippen LogP contribution in [0.4, 0.5) is 26.3 Å². The van der Waals surface area contributed by atoms with E-state index in [0.717, 1.165) is 11.5 Å². The Morgan fingerprint density at radius 3 is 2.29 bits per heavy atom. The van der Waals surface area contributed by atoms with Gasteiger partial charge in [0.1, 0.15) is 5.82 Å². The third-order valence-corrected chi connectivity index (χ3v) is 4.71. The van der Waals surface area contributed by atoms with Gasteiger partial charge in [0.05, 0.1) is 18.6 Å². The fraction of sp³-hybridized carbons (Fsp3) is 0.474. The van der Waals surface area contributed by atoms with Crippen molar-refractivity contribution in [2.24, 2.45) is 5.73 Å². The van der Waals surface area contributed by atoms with Gasteiger partial charge in [-0.05, 0) is 25.0 Å². The lowest BCUT2D eigenvalue weighted by Gasteiger charge is -2.29. The first-order valence-electron chi connectivity index (χ1n) is 9.75. The zero-order valence-corrected chi connectivity index (χ0v) is 17.7. The Labute approximate surface area is 188 Å². The topological polar surface area (TPSA) is 137 Å². The summed E-state index contributed by atoms with van der Waals surface area (Å²) in [5, 5.41) is 23.9. The molecule has 1 aromatic carbocycles. The van der Waals surface area contributed by atoms with E-state index in [-0.39, 0.29) is 43.9 Å². The first-order chi connectivity index (χ1) is 15.7. The summed E-state index contributed by atoms with van der Waals surface area (Å²) in [6.07, 6.45) is -6.45. The van der Waals surface area contributed by atoms with Crippen molar-refractivity contribution in [1.82, 2.24) is 19.7 Å². The van der Waals surface area contributed by atoms with Crippen LogP contribution in [0.1, 0.15) is 30.6 Å². The van der Waals surface area contributed by atoms with Crippen molar-refractivity contribution < 1.29 is 46.1 Å². The van der Waals surface area contributed by atoms with E-state index in [0.29, 0.717) is 12.1 Å². The number of aliphatic hydroxyl groups is 1. The first kappa shape index (κ1) is 27.0. The van der Waals surface area contributed by atoms with Crippen LogP contribution in [0.2, 0.25) is 0 Å². The largest absolute Gasteiger partial charge is 0.547 e. The van der Waals surface area contributed by atoms with Crippen LogP contribution in [0.15, 0.2) is 12.1 Å². The number of amides is 1. The molecule has 0 fully saturated rings. The molecule has 9 nitrogen and oxygen atoms in total. The normalized spacial score (nSPS) is 15.1. The van der Waals surface area contributed by atoms with E-state index in [1.165, 1.54) is 4.90 Å². The van der Waals surface area contributed by atoms with Crippen molar-refractivity contribution in [3.8, 4) is 0 Å². The van der Waals surface area contributed by atoms with E-state index in [1.54, 1.807) is 0 Å². The van der Waals surface area contributed by atoms with E-state index >= 15 is 0 Å². The summed E-state index contributed by atoms with van der Waals surface area (Å²) in [5.74, 6) is -6.58. The highest BCUT2D eigenvalue weighted by atomic mass is 19.4. The summed E-state index contributed by atoms with van der Waals surface area (Å²) in [6, 6.07) is 0.184. The van der Waals surface area contributed by atoms with Crippen LogP contribution in [0.5, 0.6) is 0 Å². The SMILES string of the molecule is CC(O)C(=O)[O-].N[C@@H](CC(=O)N1CCn2c(nnc2C(F)(F)F)C1)Cc1cc(F)c(F)cc1F. The Hall–Kier alpha value is -3.20. The molecule has 2 aromatic rings. The standard InChI is InChI=1S/C16H15F6N5O.C3H6O3/c17-10-6-12(19)11(18)4-8(10)3-9(23)5-14(28)26-1-2-27-13(7-26)24-25-15(27)16(20,21)22;1-2(4)3(5)6/h4,6,9H,1-3,5,7,23H2;2,4H,1H3,(H,5,6)/p-1/t9-;/m1./s1. The number of aliphatic carboxylic acids is 1. The number of aliphatic hydroxyl groups excluding tert-OH is 1. The van der Waals surface area contributed by atoms with E-state index in [4.69, 9.17) is 10.8 Å². The summed E-state index contributed by atoms with van der Waals surface area (Å²) < 4.78 is 79.3. The predicted octanol–water partition coefficient (Wildman–Crippen LogP) is 0.134. The Morgan fingerprint density at radius 1 is 1.15 bits per heavy atom. The maximum absolute atomic E-state index is 13.7. The molecule has 0 saturated heterocycles. The molecule has 2 atom stereocenters. The third kappa shape index (κ3) is 6.90. The molecule has 1 aromatic heterocycles. The number of nitrogens with two attached hydrogens (primary N) is 1.